The molecule has 390 valence electrons. The van der Waals surface area contributed by atoms with Gasteiger partial charge in [-0.05, 0) is 143 Å². The number of rotatable bonds is 18. The van der Waals surface area contributed by atoms with Gasteiger partial charge in [-0.2, -0.15) is 0 Å². The number of para-hydroxylation sites is 4. The van der Waals surface area contributed by atoms with E-state index in [1.807, 2.05) is 147 Å². The number of H-pyrrole nitrogens is 1. The number of aromatic amines is 1. The van der Waals surface area contributed by atoms with Gasteiger partial charge in [-0.25, -0.2) is 4.79 Å². The molecule has 1 amide bonds. The van der Waals surface area contributed by atoms with Crippen LogP contribution in [0, 0.1) is 12.3 Å². The summed E-state index contributed by atoms with van der Waals surface area (Å²) in [6, 6.07) is 45.4. The van der Waals surface area contributed by atoms with Gasteiger partial charge in [0.1, 0.15) is 41.3 Å². The number of likely N-dealkylation sites (tertiary alicyclic amines) is 2. The molecule has 3 saturated heterocycles. The lowest BCUT2D eigenvalue weighted by molar-refractivity contribution is -0.261. The van der Waals surface area contributed by atoms with Crippen LogP contribution in [0.15, 0.2) is 146 Å². The van der Waals surface area contributed by atoms with Crippen LogP contribution in [-0.2, 0) is 15.9 Å². The van der Waals surface area contributed by atoms with Gasteiger partial charge in [-0.1, -0.05) is 117 Å². The predicted octanol–water partition coefficient (Wildman–Crippen LogP) is 12.5. The number of carbonyl (C=O) groups is 1. The van der Waals surface area contributed by atoms with Crippen LogP contribution >= 0.6 is 0 Å². The van der Waals surface area contributed by atoms with E-state index in [1.165, 1.54) is 29.5 Å². The highest BCUT2D eigenvalue weighted by molar-refractivity contribution is 5.68. The van der Waals surface area contributed by atoms with E-state index in [4.69, 9.17) is 38.3 Å². The maximum Gasteiger partial charge on any atom is 0.410 e. The van der Waals surface area contributed by atoms with Crippen molar-refractivity contribution in [1.29, 1.82) is 0 Å². The van der Waals surface area contributed by atoms with Crippen LogP contribution in [-0.4, -0.2) is 102 Å². The maximum atomic E-state index is 12.7. The highest BCUT2D eigenvalue weighted by Gasteiger charge is 2.53. The molecule has 74 heavy (non-hydrogen) atoms. The number of nitrogens with one attached hydrogen (secondary N) is 1. The highest BCUT2D eigenvalue weighted by Crippen LogP contribution is 2.41. The average molecular weight is 1000 g/mol. The Morgan fingerprint density at radius 2 is 1.35 bits per heavy atom. The summed E-state index contributed by atoms with van der Waals surface area (Å²) in [5.41, 5.74) is 5.26. The number of piperidine rings is 2. The van der Waals surface area contributed by atoms with E-state index in [0.29, 0.717) is 35.3 Å². The summed E-state index contributed by atoms with van der Waals surface area (Å²) in [4.78, 5) is 17.3. The van der Waals surface area contributed by atoms with E-state index < -0.39 is 36.3 Å². The standard InChI is InChI=1S/C62H74N4O8/c1-44(2)54-52(41-47-32-31-46(40-45(47)3)22-19-20-36-65-37-21-33-62(43-65)34-38-66(39-35-62)60(67)74-61(4,5)6)58(64-63-54)73-59-57(71-51-29-17-10-18-30-51)56(70-50-27-15-9-16-28-50)55(69-49-25-13-8-14-26-49)53(72-59)42-68-48-23-11-7-12-24-48/h7-19,22-32,40,44,53,55-57,59H,20-21,33-39,41-43H2,1-6H3,(H,63,64)/b22-19+/t53-,55-,56+,57-,59+/m1/s1. The number of aryl methyl sites for hydroxylation is 1. The second-order valence-corrected chi connectivity index (χ2v) is 21.4. The van der Waals surface area contributed by atoms with Crippen LogP contribution in [0.1, 0.15) is 101 Å². The number of aromatic nitrogens is 2. The molecular weight excluding hydrogens is 929 g/mol. The van der Waals surface area contributed by atoms with E-state index >= 15 is 0 Å². The Labute approximate surface area is 437 Å². The first-order chi connectivity index (χ1) is 35.9. The third kappa shape index (κ3) is 13.7. The first-order valence-corrected chi connectivity index (χ1v) is 26.6. The van der Waals surface area contributed by atoms with Crippen LogP contribution in [0.5, 0.6) is 28.9 Å². The maximum absolute atomic E-state index is 12.7. The Balaban J connectivity index is 0.926. The Morgan fingerprint density at radius 3 is 1.95 bits per heavy atom. The van der Waals surface area contributed by atoms with E-state index in [-0.39, 0.29) is 24.0 Å². The smallest absolute Gasteiger partial charge is 0.410 e. The number of carbonyl (C=O) groups excluding carboxylic acids is 1. The molecule has 3 aliphatic rings. The van der Waals surface area contributed by atoms with E-state index in [9.17, 15) is 4.79 Å². The van der Waals surface area contributed by atoms with Crippen molar-refractivity contribution in [2.45, 2.75) is 122 Å². The highest BCUT2D eigenvalue weighted by atomic mass is 16.7. The van der Waals surface area contributed by atoms with Gasteiger partial charge < -0.3 is 43.0 Å². The minimum atomic E-state index is -1.02. The molecule has 5 atom stereocenters. The van der Waals surface area contributed by atoms with Crippen molar-refractivity contribution < 1.29 is 38.0 Å². The van der Waals surface area contributed by atoms with E-state index in [1.54, 1.807) is 0 Å². The lowest BCUT2D eigenvalue weighted by Crippen LogP contribution is -2.66. The first-order valence-electron chi connectivity index (χ1n) is 26.6. The normalized spacial score (nSPS) is 21.1. The fourth-order valence-corrected chi connectivity index (χ4v) is 10.5. The largest absolute Gasteiger partial charge is 0.491 e. The molecule has 1 aromatic heterocycles. The molecular formula is C62H74N4O8. The third-order valence-electron chi connectivity index (χ3n) is 14.3. The molecule has 0 radical (unpaired) electrons. The summed E-state index contributed by atoms with van der Waals surface area (Å²) < 4.78 is 46.9. The number of ether oxygens (including phenoxy) is 7. The van der Waals surface area contributed by atoms with Gasteiger partial charge in [0, 0.05) is 43.9 Å². The summed E-state index contributed by atoms with van der Waals surface area (Å²) in [6.07, 6.45) is 6.40. The summed E-state index contributed by atoms with van der Waals surface area (Å²) in [7, 11) is 0. The molecule has 1 N–H and O–H groups in total. The molecule has 3 aliphatic heterocycles. The number of amides is 1. The fraction of sp³-hybridized carbons (Fsp3) is 0.419. The summed E-state index contributed by atoms with van der Waals surface area (Å²) in [5.74, 6) is 3.18. The predicted molar refractivity (Wildman–Crippen MR) is 289 cm³/mol. The molecule has 12 heteroatoms. The molecule has 0 bridgehead atoms. The average Bonchev–Trinajstić information content (AvgIpc) is 3.80. The van der Waals surface area contributed by atoms with Gasteiger partial charge in [0.2, 0.25) is 18.3 Å². The van der Waals surface area contributed by atoms with Crippen LogP contribution in [0.3, 0.4) is 0 Å². The summed E-state index contributed by atoms with van der Waals surface area (Å²) in [6.45, 7) is 17.2. The zero-order chi connectivity index (χ0) is 51.5. The fourth-order valence-electron chi connectivity index (χ4n) is 10.5. The monoisotopic (exact) mass is 1000 g/mol. The Morgan fingerprint density at radius 1 is 0.757 bits per heavy atom. The molecule has 12 nitrogen and oxygen atoms in total. The van der Waals surface area contributed by atoms with Crippen molar-refractivity contribution in [2.75, 3.05) is 39.3 Å². The third-order valence-corrected chi connectivity index (χ3v) is 14.3. The van der Waals surface area contributed by atoms with Gasteiger partial charge in [-0.3, -0.25) is 5.10 Å². The van der Waals surface area contributed by atoms with Gasteiger partial charge in [0.15, 0.2) is 12.2 Å². The number of hydrogen-bond acceptors (Lipinski definition) is 10. The number of hydrogen-bond donors (Lipinski definition) is 1. The van der Waals surface area contributed by atoms with Crippen LogP contribution < -0.4 is 23.7 Å². The molecule has 0 aliphatic carbocycles. The van der Waals surface area contributed by atoms with Crippen LogP contribution in [0.25, 0.3) is 6.08 Å². The first kappa shape index (κ1) is 52.1. The SMILES string of the molecule is Cc1cc(/C=C/CCN2CCCC3(CCN(C(=O)OC(C)(C)C)CC3)C2)ccc1Cc1c(O[C@@H]2O[C@H](COc3ccccc3)[C@@H](Oc3ccccc3)[C@H](Oc3ccccc3)[C@H]2Oc2ccccc2)n[nH]c1C(C)C. The van der Waals surface area contributed by atoms with Gasteiger partial charge >= 0.3 is 6.09 Å². The molecule has 3 fully saturated rings. The Kier molecular flexibility index (Phi) is 16.9. The number of benzene rings is 5. The molecule has 0 saturated carbocycles. The minimum Gasteiger partial charge on any atom is -0.491 e. The lowest BCUT2D eigenvalue weighted by Gasteiger charge is -2.47. The van der Waals surface area contributed by atoms with Crippen molar-refractivity contribution in [3.63, 3.8) is 0 Å². The van der Waals surface area contributed by atoms with Crippen molar-refractivity contribution in [2.24, 2.45) is 5.41 Å². The summed E-state index contributed by atoms with van der Waals surface area (Å²) >= 11 is 0. The molecule has 6 aromatic rings. The second-order valence-electron chi connectivity index (χ2n) is 21.4. The lowest BCUT2D eigenvalue weighted by atomic mass is 9.72. The zero-order valence-electron chi connectivity index (χ0n) is 44.0. The molecule has 9 rings (SSSR count). The zero-order valence-corrected chi connectivity index (χ0v) is 44.0. The Hall–Kier alpha value is -6.76. The Bertz CT molecular complexity index is 2720. The van der Waals surface area contributed by atoms with E-state index in [0.717, 1.165) is 63.2 Å². The minimum absolute atomic E-state index is 0.130. The van der Waals surface area contributed by atoms with Crippen molar-refractivity contribution >= 4 is 12.2 Å². The summed E-state index contributed by atoms with van der Waals surface area (Å²) in [5, 5.41) is 8.18. The molecule has 4 heterocycles. The number of nitrogens with zero attached hydrogens (tertiary/aromatic N) is 3. The van der Waals surface area contributed by atoms with Gasteiger partial charge in [0.25, 0.3) is 0 Å². The van der Waals surface area contributed by atoms with Crippen molar-refractivity contribution in [1.82, 2.24) is 20.0 Å². The van der Waals surface area contributed by atoms with Crippen LogP contribution in [0.2, 0.25) is 0 Å². The second kappa shape index (κ2) is 24.1. The quantitative estimate of drug-likeness (QED) is 0.0892. The van der Waals surface area contributed by atoms with Gasteiger partial charge in [-0.15, -0.1) is 5.10 Å². The van der Waals surface area contributed by atoms with E-state index in [2.05, 4.69) is 61.1 Å². The topological polar surface area (TPSA) is 117 Å². The molecule has 0 unspecified atom stereocenters. The molecule has 5 aromatic carbocycles. The van der Waals surface area contributed by atoms with Crippen molar-refractivity contribution in [3.05, 3.63) is 174 Å². The van der Waals surface area contributed by atoms with Crippen LogP contribution in [0.4, 0.5) is 4.79 Å². The van der Waals surface area contributed by atoms with Crippen molar-refractivity contribution in [3.8, 4) is 28.9 Å². The molecule has 1 spiro atoms. The van der Waals surface area contributed by atoms with Gasteiger partial charge in [0.05, 0.1) is 0 Å².